The van der Waals surface area contributed by atoms with E-state index in [0.29, 0.717) is 30.8 Å². The summed E-state index contributed by atoms with van der Waals surface area (Å²) >= 11 is 0. The van der Waals surface area contributed by atoms with Crippen LogP contribution in [-0.2, 0) is 14.8 Å². The molecule has 0 radical (unpaired) electrons. The molecule has 0 aliphatic carbocycles. The molecule has 148 valence electrons. The Morgan fingerprint density at radius 1 is 0.821 bits per heavy atom. The third-order valence-electron chi connectivity index (χ3n) is 5.90. The highest BCUT2D eigenvalue weighted by molar-refractivity contribution is 7.89. The van der Waals surface area contributed by atoms with Crippen molar-refractivity contribution < 1.29 is 13.2 Å². The molecule has 2 aliphatic heterocycles. The van der Waals surface area contributed by atoms with Crippen LogP contribution in [0.1, 0.15) is 37.3 Å². The van der Waals surface area contributed by atoms with Gasteiger partial charge in [0.1, 0.15) is 0 Å². The Hall–Kier alpha value is -2.18. The summed E-state index contributed by atoms with van der Waals surface area (Å²) in [5.74, 6) is 0.0923. The molecule has 2 aromatic carbocycles. The smallest absolute Gasteiger partial charge is 0.243 e. The number of amides is 1. The first-order valence-corrected chi connectivity index (χ1v) is 11.4. The number of rotatable bonds is 4. The number of nitrogens with zero attached hydrogens (tertiary/aromatic N) is 2. The topological polar surface area (TPSA) is 57.7 Å². The van der Waals surface area contributed by atoms with Crippen LogP contribution in [0.2, 0.25) is 0 Å². The molecular formula is C22H26N2O3S. The van der Waals surface area contributed by atoms with Crippen LogP contribution in [-0.4, -0.2) is 43.2 Å². The molecule has 0 saturated carbocycles. The summed E-state index contributed by atoms with van der Waals surface area (Å²) in [5, 5.41) is 0. The predicted molar refractivity (Wildman–Crippen MR) is 108 cm³/mol. The maximum absolute atomic E-state index is 13.2. The van der Waals surface area contributed by atoms with Crippen LogP contribution in [0.15, 0.2) is 65.6 Å². The van der Waals surface area contributed by atoms with Gasteiger partial charge in [-0.15, -0.1) is 0 Å². The zero-order valence-electron chi connectivity index (χ0n) is 15.9. The number of sulfonamides is 1. The van der Waals surface area contributed by atoms with Gasteiger partial charge in [0.05, 0.1) is 10.9 Å². The fourth-order valence-electron chi connectivity index (χ4n) is 4.37. The highest BCUT2D eigenvalue weighted by Crippen LogP contribution is 2.35. The number of carbonyl (C=O) groups excluding carboxylic acids is 1. The SMILES string of the molecule is O=C(C1CCN(S(=O)(=O)c2ccccc2)CC1)N1CCC[C@H]1c1ccccc1. The van der Waals surface area contributed by atoms with E-state index in [2.05, 4.69) is 12.1 Å². The van der Waals surface area contributed by atoms with Crippen LogP contribution < -0.4 is 0 Å². The molecule has 2 aliphatic rings. The first-order chi connectivity index (χ1) is 13.6. The second kappa shape index (κ2) is 8.05. The Bertz CT molecular complexity index is 907. The summed E-state index contributed by atoms with van der Waals surface area (Å²) in [4.78, 5) is 15.5. The first-order valence-electron chi connectivity index (χ1n) is 9.98. The Morgan fingerprint density at radius 2 is 1.43 bits per heavy atom. The van der Waals surface area contributed by atoms with Crippen molar-refractivity contribution in [3.05, 3.63) is 66.2 Å². The molecule has 2 aromatic rings. The van der Waals surface area contributed by atoms with Gasteiger partial charge in [-0.3, -0.25) is 4.79 Å². The molecule has 5 nitrogen and oxygen atoms in total. The minimum atomic E-state index is -3.48. The summed E-state index contributed by atoms with van der Waals surface area (Å²) in [7, 11) is -3.48. The summed E-state index contributed by atoms with van der Waals surface area (Å²) < 4.78 is 27.1. The average Bonchev–Trinajstić information content (AvgIpc) is 3.24. The standard InChI is InChI=1S/C22H26N2O3S/c25-22(24-15-7-12-21(24)18-8-3-1-4-9-18)19-13-16-23(17-14-19)28(26,27)20-10-5-2-6-11-20/h1-6,8-11,19,21H,7,12-17H2/t21-/m0/s1. The number of benzene rings is 2. The molecule has 1 atom stereocenters. The first kappa shape index (κ1) is 19.2. The number of hydrogen-bond donors (Lipinski definition) is 0. The van der Waals surface area contributed by atoms with E-state index in [-0.39, 0.29) is 17.9 Å². The number of hydrogen-bond acceptors (Lipinski definition) is 3. The van der Waals surface area contributed by atoms with Gasteiger partial charge >= 0.3 is 0 Å². The fourth-order valence-corrected chi connectivity index (χ4v) is 5.86. The molecule has 0 spiro atoms. The Balaban J connectivity index is 1.42. The molecular weight excluding hydrogens is 372 g/mol. The van der Waals surface area contributed by atoms with E-state index in [1.165, 1.54) is 9.87 Å². The second-order valence-electron chi connectivity index (χ2n) is 7.59. The highest BCUT2D eigenvalue weighted by atomic mass is 32.2. The predicted octanol–water partition coefficient (Wildman–Crippen LogP) is 3.45. The van der Waals surface area contributed by atoms with Gasteiger partial charge in [0, 0.05) is 25.6 Å². The van der Waals surface area contributed by atoms with Crippen LogP contribution in [0.5, 0.6) is 0 Å². The molecule has 0 N–H and O–H groups in total. The Kier molecular flexibility index (Phi) is 5.51. The van der Waals surface area contributed by atoms with Crippen LogP contribution >= 0.6 is 0 Å². The van der Waals surface area contributed by atoms with E-state index >= 15 is 0 Å². The van der Waals surface area contributed by atoms with Crippen molar-refractivity contribution in [1.29, 1.82) is 0 Å². The second-order valence-corrected chi connectivity index (χ2v) is 9.53. The van der Waals surface area contributed by atoms with Crippen LogP contribution in [0.3, 0.4) is 0 Å². The molecule has 28 heavy (non-hydrogen) atoms. The van der Waals surface area contributed by atoms with Crippen molar-refractivity contribution in [2.75, 3.05) is 19.6 Å². The van der Waals surface area contributed by atoms with E-state index in [1.807, 2.05) is 29.2 Å². The van der Waals surface area contributed by atoms with Crippen molar-refractivity contribution >= 4 is 15.9 Å². The van der Waals surface area contributed by atoms with Crippen LogP contribution in [0.4, 0.5) is 0 Å². The molecule has 2 fully saturated rings. The van der Waals surface area contributed by atoms with Gasteiger partial charge in [-0.1, -0.05) is 48.5 Å². The molecule has 4 rings (SSSR count). The van der Waals surface area contributed by atoms with Gasteiger partial charge in [0.25, 0.3) is 0 Å². The van der Waals surface area contributed by atoms with E-state index in [1.54, 1.807) is 24.3 Å². The molecule has 0 unspecified atom stereocenters. The minimum absolute atomic E-state index is 0.0912. The summed E-state index contributed by atoms with van der Waals surface area (Å²) in [5.41, 5.74) is 1.19. The Morgan fingerprint density at radius 3 is 2.07 bits per heavy atom. The van der Waals surface area contributed by atoms with E-state index in [4.69, 9.17) is 0 Å². The van der Waals surface area contributed by atoms with Crippen molar-refractivity contribution in [1.82, 2.24) is 9.21 Å². The minimum Gasteiger partial charge on any atom is -0.335 e. The number of likely N-dealkylation sites (tertiary alicyclic amines) is 1. The van der Waals surface area contributed by atoms with Gasteiger partial charge in [-0.05, 0) is 43.4 Å². The van der Waals surface area contributed by atoms with Gasteiger partial charge in [0.15, 0.2) is 0 Å². The van der Waals surface area contributed by atoms with Crippen molar-refractivity contribution in [2.45, 2.75) is 36.6 Å². The largest absolute Gasteiger partial charge is 0.335 e. The number of piperidine rings is 1. The average molecular weight is 399 g/mol. The molecule has 2 saturated heterocycles. The monoisotopic (exact) mass is 398 g/mol. The lowest BCUT2D eigenvalue weighted by atomic mass is 9.95. The lowest BCUT2D eigenvalue weighted by Gasteiger charge is -2.34. The van der Waals surface area contributed by atoms with Crippen molar-refractivity contribution in [2.24, 2.45) is 5.92 Å². The molecule has 0 aromatic heterocycles. The van der Waals surface area contributed by atoms with Crippen molar-refractivity contribution in [3.63, 3.8) is 0 Å². The zero-order chi connectivity index (χ0) is 19.6. The zero-order valence-corrected chi connectivity index (χ0v) is 16.7. The lowest BCUT2D eigenvalue weighted by molar-refractivity contribution is -0.137. The number of carbonyl (C=O) groups is 1. The van der Waals surface area contributed by atoms with E-state index in [0.717, 1.165) is 19.4 Å². The summed E-state index contributed by atoms with van der Waals surface area (Å²) in [6.07, 6.45) is 3.19. The maximum atomic E-state index is 13.2. The quantitative estimate of drug-likeness (QED) is 0.793. The van der Waals surface area contributed by atoms with Gasteiger partial charge in [-0.2, -0.15) is 4.31 Å². The lowest BCUT2D eigenvalue weighted by Crippen LogP contribution is -2.44. The van der Waals surface area contributed by atoms with Crippen LogP contribution in [0.25, 0.3) is 0 Å². The third kappa shape index (κ3) is 3.71. The maximum Gasteiger partial charge on any atom is 0.243 e. The van der Waals surface area contributed by atoms with Gasteiger partial charge in [0.2, 0.25) is 15.9 Å². The summed E-state index contributed by atoms with van der Waals surface area (Å²) in [6, 6.07) is 18.9. The van der Waals surface area contributed by atoms with Crippen molar-refractivity contribution in [3.8, 4) is 0 Å². The van der Waals surface area contributed by atoms with Crippen LogP contribution in [0, 0.1) is 5.92 Å². The summed E-state index contributed by atoms with van der Waals surface area (Å²) in [6.45, 7) is 1.59. The van der Waals surface area contributed by atoms with E-state index < -0.39 is 10.0 Å². The molecule has 0 bridgehead atoms. The normalized spacial score (nSPS) is 21.7. The third-order valence-corrected chi connectivity index (χ3v) is 7.82. The van der Waals surface area contributed by atoms with Gasteiger partial charge < -0.3 is 4.90 Å². The molecule has 1 amide bonds. The van der Waals surface area contributed by atoms with Gasteiger partial charge in [-0.25, -0.2) is 8.42 Å². The fraction of sp³-hybridized carbons (Fsp3) is 0.409. The Labute approximate surface area is 167 Å². The molecule has 6 heteroatoms. The molecule has 2 heterocycles. The highest BCUT2D eigenvalue weighted by Gasteiger charge is 2.37. The van der Waals surface area contributed by atoms with E-state index in [9.17, 15) is 13.2 Å².